The van der Waals surface area contributed by atoms with Crippen molar-refractivity contribution in [3.63, 3.8) is 0 Å². The van der Waals surface area contributed by atoms with Crippen molar-refractivity contribution in [1.29, 1.82) is 0 Å². The average molecular weight is 216 g/mol. The summed E-state index contributed by atoms with van der Waals surface area (Å²) >= 11 is 0. The summed E-state index contributed by atoms with van der Waals surface area (Å²) in [5.41, 5.74) is 0. The predicted octanol–water partition coefficient (Wildman–Crippen LogP) is 2.91. The number of hydrogen-bond donors (Lipinski definition) is 0. The van der Waals surface area contributed by atoms with E-state index in [-0.39, 0.29) is 0 Å². The van der Waals surface area contributed by atoms with E-state index in [0.717, 1.165) is 22.3 Å². The molecule has 0 amide bonds. The molecule has 86 valence electrons. The first-order valence-corrected chi connectivity index (χ1v) is 7.00. The standard InChI is InChI=1S/C12H28OSi/c1-5-7-10(3)9-12(13-14)11(4)8-6-2/h10-12H,5-9H2,1-4,14H3. The van der Waals surface area contributed by atoms with Gasteiger partial charge in [0.05, 0.1) is 0 Å². The molecule has 1 nitrogen and oxygen atoms in total. The zero-order valence-electron chi connectivity index (χ0n) is 10.7. The Bertz CT molecular complexity index is 127. The molecule has 0 rings (SSSR count). The lowest BCUT2D eigenvalue weighted by molar-refractivity contribution is 0.121. The quantitative estimate of drug-likeness (QED) is 0.567. The van der Waals surface area contributed by atoms with Crippen molar-refractivity contribution in [3.8, 4) is 0 Å². The van der Waals surface area contributed by atoms with E-state index in [9.17, 15) is 0 Å². The van der Waals surface area contributed by atoms with E-state index in [2.05, 4.69) is 27.7 Å². The van der Waals surface area contributed by atoms with Crippen LogP contribution in [0.25, 0.3) is 0 Å². The fourth-order valence-corrected chi connectivity index (χ4v) is 2.87. The van der Waals surface area contributed by atoms with Crippen LogP contribution in [0.15, 0.2) is 0 Å². The highest BCUT2D eigenvalue weighted by Gasteiger charge is 2.17. The van der Waals surface area contributed by atoms with E-state index < -0.39 is 0 Å². The van der Waals surface area contributed by atoms with Crippen molar-refractivity contribution in [2.75, 3.05) is 0 Å². The molecule has 0 bridgehead atoms. The Hall–Kier alpha value is 0.177. The molecule has 0 aliphatic heterocycles. The van der Waals surface area contributed by atoms with Gasteiger partial charge in [-0.3, -0.25) is 0 Å². The van der Waals surface area contributed by atoms with Gasteiger partial charge in [-0.15, -0.1) is 0 Å². The van der Waals surface area contributed by atoms with Gasteiger partial charge < -0.3 is 4.43 Å². The maximum atomic E-state index is 5.72. The molecule has 0 aromatic heterocycles. The van der Waals surface area contributed by atoms with Gasteiger partial charge in [0.2, 0.25) is 0 Å². The molecule has 0 saturated carbocycles. The molecule has 0 aromatic rings. The summed E-state index contributed by atoms with van der Waals surface area (Å²) in [5.74, 6) is 1.58. The van der Waals surface area contributed by atoms with Gasteiger partial charge in [0.15, 0.2) is 0 Å². The van der Waals surface area contributed by atoms with E-state index in [1.807, 2.05) is 0 Å². The van der Waals surface area contributed by atoms with Crippen LogP contribution in [-0.2, 0) is 4.43 Å². The minimum atomic E-state index is 0.531. The Morgan fingerprint density at radius 1 is 1.07 bits per heavy atom. The van der Waals surface area contributed by atoms with Gasteiger partial charge in [0, 0.05) is 6.10 Å². The summed E-state index contributed by atoms with van der Waals surface area (Å²) in [6.45, 7) is 9.22. The minimum Gasteiger partial charge on any atom is -0.425 e. The Labute approximate surface area is 93.2 Å². The summed E-state index contributed by atoms with van der Waals surface area (Å²) < 4.78 is 5.72. The van der Waals surface area contributed by atoms with E-state index >= 15 is 0 Å². The first kappa shape index (κ1) is 14.2. The molecule has 2 heteroatoms. The van der Waals surface area contributed by atoms with Crippen molar-refractivity contribution < 1.29 is 4.43 Å². The first-order valence-electron chi connectivity index (χ1n) is 6.18. The van der Waals surface area contributed by atoms with Gasteiger partial charge in [-0.2, -0.15) is 0 Å². The molecule has 14 heavy (non-hydrogen) atoms. The minimum absolute atomic E-state index is 0.531. The maximum absolute atomic E-state index is 5.72. The average Bonchev–Trinajstić information content (AvgIpc) is 2.15. The molecule has 3 unspecified atom stereocenters. The Kier molecular flexibility index (Phi) is 8.59. The lowest BCUT2D eigenvalue weighted by atomic mass is 9.90. The van der Waals surface area contributed by atoms with Gasteiger partial charge in [-0.05, 0) is 24.7 Å². The SMILES string of the molecule is CCCC(C)CC(O[SiH3])C(C)CCC. The fraction of sp³-hybridized carbons (Fsp3) is 1.00. The van der Waals surface area contributed by atoms with Crippen LogP contribution in [0.4, 0.5) is 0 Å². The lowest BCUT2D eigenvalue weighted by Gasteiger charge is -2.25. The third kappa shape index (κ3) is 5.81. The Morgan fingerprint density at radius 2 is 1.64 bits per heavy atom. The lowest BCUT2D eigenvalue weighted by Crippen LogP contribution is -2.23. The van der Waals surface area contributed by atoms with Gasteiger partial charge in [-0.25, -0.2) is 0 Å². The molecule has 0 aromatic carbocycles. The summed E-state index contributed by atoms with van der Waals surface area (Å²) in [5, 5.41) is 0. The molecule has 3 atom stereocenters. The number of rotatable bonds is 8. The van der Waals surface area contributed by atoms with Crippen LogP contribution in [0, 0.1) is 11.8 Å². The van der Waals surface area contributed by atoms with Crippen LogP contribution in [-0.4, -0.2) is 16.6 Å². The molecule has 0 N–H and O–H groups in total. The van der Waals surface area contributed by atoms with E-state index in [0.29, 0.717) is 6.10 Å². The topological polar surface area (TPSA) is 9.23 Å². The van der Waals surface area contributed by atoms with Crippen LogP contribution < -0.4 is 0 Å². The van der Waals surface area contributed by atoms with Crippen LogP contribution >= 0.6 is 0 Å². The second-order valence-electron chi connectivity index (χ2n) is 4.67. The Balaban J connectivity index is 3.87. The van der Waals surface area contributed by atoms with Crippen molar-refractivity contribution >= 4 is 10.5 Å². The molecular weight excluding hydrogens is 188 g/mol. The second kappa shape index (κ2) is 8.48. The zero-order valence-corrected chi connectivity index (χ0v) is 12.7. The van der Waals surface area contributed by atoms with Crippen LogP contribution in [0.3, 0.4) is 0 Å². The Morgan fingerprint density at radius 3 is 2.07 bits per heavy atom. The van der Waals surface area contributed by atoms with Crippen molar-refractivity contribution in [3.05, 3.63) is 0 Å². The van der Waals surface area contributed by atoms with E-state index in [1.54, 1.807) is 0 Å². The maximum Gasteiger partial charge on any atom is 0.146 e. The molecule has 0 heterocycles. The molecule has 0 fully saturated rings. The highest BCUT2D eigenvalue weighted by Crippen LogP contribution is 2.22. The molecule has 0 radical (unpaired) electrons. The van der Waals surface area contributed by atoms with Crippen LogP contribution in [0.5, 0.6) is 0 Å². The third-order valence-corrected chi connectivity index (χ3v) is 3.70. The largest absolute Gasteiger partial charge is 0.425 e. The van der Waals surface area contributed by atoms with E-state index in [1.165, 1.54) is 32.1 Å². The van der Waals surface area contributed by atoms with Gasteiger partial charge in [0.1, 0.15) is 10.5 Å². The molecular formula is C12H28OSi. The second-order valence-corrected chi connectivity index (χ2v) is 5.14. The fourth-order valence-electron chi connectivity index (χ4n) is 2.21. The van der Waals surface area contributed by atoms with Gasteiger partial charge >= 0.3 is 0 Å². The van der Waals surface area contributed by atoms with Crippen molar-refractivity contribution in [1.82, 2.24) is 0 Å². The van der Waals surface area contributed by atoms with Gasteiger partial charge in [-0.1, -0.05) is 47.0 Å². The summed E-state index contributed by atoms with van der Waals surface area (Å²) in [6, 6.07) is 0. The number of hydrogen-bond acceptors (Lipinski definition) is 1. The molecule has 0 spiro atoms. The smallest absolute Gasteiger partial charge is 0.146 e. The third-order valence-electron chi connectivity index (χ3n) is 3.10. The summed E-state index contributed by atoms with van der Waals surface area (Å²) in [7, 11) is 0.887. The monoisotopic (exact) mass is 216 g/mol. The molecule has 0 saturated heterocycles. The van der Waals surface area contributed by atoms with Crippen LogP contribution in [0.1, 0.15) is 59.8 Å². The van der Waals surface area contributed by atoms with E-state index in [4.69, 9.17) is 4.43 Å². The normalized spacial score (nSPS) is 18.0. The molecule has 0 aliphatic carbocycles. The highest BCUT2D eigenvalue weighted by molar-refractivity contribution is 5.98. The summed E-state index contributed by atoms with van der Waals surface area (Å²) in [6.07, 6.45) is 7.04. The summed E-state index contributed by atoms with van der Waals surface area (Å²) in [4.78, 5) is 0. The predicted molar refractivity (Wildman–Crippen MR) is 67.6 cm³/mol. The van der Waals surface area contributed by atoms with Crippen molar-refractivity contribution in [2.45, 2.75) is 65.9 Å². The van der Waals surface area contributed by atoms with Crippen molar-refractivity contribution in [2.24, 2.45) is 11.8 Å². The molecule has 0 aliphatic rings. The first-order chi connectivity index (χ1) is 6.65. The van der Waals surface area contributed by atoms with Crippen LogP contribution in [0.2, 0.25) is 0 Å². The highest BCUT2D eigenvalue weighted by atomic mass is 28.2. The van der Waals surface area contributed by atoms with Gasteiger partial charge in [0.25, 0.3) is 0 Å². The zero-order chi connectivity index (χ0) is 11.0.